The fraction of sp³-hybridized carbons (Fsp3) is 0.529. The van der Waals surface area contributed by atoms with E-state index in [1.54, 1.807) is 4.90 Å². The largest absolute Gasteiger partial charge is 0.411 e. The smallest absolute Gasteiger partial charge is 0.370 e. The average molecular weight is 376 g/mol. The third kappa shape index (κ3) is 6.29. The molecule has 1 aliphatic heterocycles. The summed E-state index contributed by atoms with van der Waals surface area (Å²) in [6, 6.07) is 5.26. The van der Waals surface area contributed by atoms with Gasteiger partial charge in [-0.1, -0.05) is 0 Å². The molecule has 5 nitrogen and oxygen atoms in total. The number of hydrogen-bond donors (Lipinski definition) is 1. The van der Waals surface area contributed by atoms with E-state index in [1.807, 2.05) is 0 Å². The molecule has 1 fully saturated rings. The van der Waals surface area contributed by atoms with Crippen molar-refractivity contribution in [2.75, 3.05) is 32.8 Å². The Morgan fingerprint density at radius 1 is 1.15 bits per heavy atom. The molecule has 0 unspecified atom stereocenters. The molecule has 0 saturated carbocycles. The molecule has 0 bridgehead atoms. The van der Waals surface area contributed by atoms with Crippen LogP contribution in [0.25, 0.3) is 0 Å². The normalized spacial score (nSPS) is 15.8. The summed E-state index contributed by atoms with van der Waals surface area (Å²) in [5.74, 6) is -1.19. The second-order valence-electron chi connectivity index (χ2n) is 6.03. The molecule has 144 valence electrons. The lowest BCUT2D eigenvalue weighted by Gasteiger charge is -2.31. The van der Waals surface area contributed by atoms with Gasteiger partial charge in [0.1, 0.15) is 12.4 Å². The minimum absolute atomic E-state index is 0.00361. The van der Waals surface area contributed by atoms with Gasteiger partial charge in [-0.2, -0.15) is 13.2 Å². The van der Waals surface area contributed by atoms with E-state index in [9.17, 15) is 27.2 Å². The number of amides is 2. The molecule has 0 aromatic heterocycles. The van der Waals surface area contributed by atoms with Crippen LogP contribution in [0.15, 0.2) is 24.3 Å². The number of ether oxygens (including phenoxy) is 1. The average Bonchev–Trinajstić information content (AvgIpc) is 2.60. The maximum Gasteiger partial charge on any atom is 0.411 e. The van der Waals surface area contributed by atoms with Gasteiger partial charge in [-0.3, -0.25) is 9.59 Å². The molecule has 1 heterocycles. The van der Waals surface area contributed by atoms with Crippen LogP contribution < -0.4 is 5.32 Å². The lowest BCUT2D eigenvalue weighted by molar-refractivity contribution is -0.173. The lowest BCUT2D eigenvalue weighted by atomic mass is 9.95. The molecule has 9 heteroatoms. The fourth-order valence-corrected chi connectivity index (χ4v) is 2.70. The van der Waals surface area contributed by atoms with Gasteiger partial charge in [0.2, 0.25) is 5.91 Å². The third-order valence-electron chi connectivity index (χ3n) is 4.06. The van der Waals surface area contributed by atoms with E-state index in [0.717, 1.165) is 0 Å². The SMILES string of the molecule is O=C(NCCOCC(F)(F)F)C1CCN(C(=O)c2ccc(F)cc2)CC1. The van der Waals surface area contributed by atoms with Crippen molar-refractivity contribution in [3.05, 3.63) is 35.6 Å². The van der Waals surface area contributed by atoms with Gasteiger partial charge in [-0.25, -0.2) is 4.39 Å². The Kier molecular flexibility index (Phi) is 6.96. The van der Waals surface area contributed by atoms with Gasteiger partial charge in [0.05, 0.1) is 6.61 Å². The predicted molar refractivity (Wildman–Crippen MR) is 84.9 cm³/mol. The Hall–Kier alpha value is -2.16. The number of carbonyl (C=O) groups is 2. The summed E-state index contributed by atoms with van der Waals surface area (Å²) >= 11 is 0. The first kappa shape index (κ1) is 20.2. The van der Waals surface area contributed by atoms with E-state index in [0.29, 0.717) is 31.5 Å². The summed E-state index contributed by atoms with van der Waals surface area (Å²) < 4.78 is 53.1. The summed E-state index contributed by atoms with van der Waals surface area (Å²) in [4.78, 5) is 25.9. The Morgan fingerprint density at radius 3 is 2.35 bits per heavy atom. The predicted octanol–water partition coefficient (Wildman–Crippen LogP) is 2.37. The van der Waals surface area contributed by atoms with Crippen LogP contribution in [0.5, 0.6) is 0 Å². The van der Waals surface area contributed by atoms with E-state index >= 15 is 0 Å². The number of benzene rings is 1. The molecule has 0 spiro atoms. The van der Waals surface area contributed by atoms with Crippen molar-refractivity contribution in [3.63, 3.8) is 0 Å². The van der Waals surface area contributed by atoms with Crippen LogP contribution >= 0.6 is 0 Å². The maximum atomic E-state index is 12.9. The first-order valence-corrected chi connectivity index (χ1v) is 8.23. The number of alkyl halides is 3. The second-order valence-corrected chi connectivity index (χ2v) is 6.03. The standard InChI is InChI=1S/C17H20F4N2O3/c18-14-3-1-13(2-4-14)16(25)23-8-5-12(6-9-23)15(24)22-7-10-26-11-17(19,20)21/h1-4,12H,5-11H2,(H,22,24). The molecule has 26 heavy (non-hydrogen) atoms. The monoisotopic (exact) mass is 376 g/mol. The van der Waals surface area contributed by atoms with Gasteiger partial charge in [-0.15, -0.1) is 0 Å². The molecule has 1 aliphatic rings. The Balaban J connectivity index is 1.69. The number of halogens is 4. The van der Waals surface area contributed by atoms with Crippen molar-refractivity contribution >= 4 is 11.8 Å². The molecule has 1 N–H and O–H groups in total. The molecule has 1 aromatic rings. The van der Waals surface area contributed by atoms with Crippen LogP contribution in [-0.2, 0) is 9.53 Å². The molecule has 1 aromatic carbocycles. The maximum absolute atomic E-state index is 12.9. The number of rotatable bonds is 6. The Bertz CT molecular complexity index is 611. The fourth-order valence-electron chi connectivity index (χ4n) is 2.70. The number of nitrogens with zero attached hydrogens (tertiary/aromatic N) is 1. The van der Waals surface area contributed by atoms with Gasteiger partial charge < -0.3 is 15.0 Å². The van der Waals surface area contributed by atoms with E-state index in [4.69, 9.17) is 0 Å². The van der Waals surface area contributed by atoms with Crippen molar-refractivity contribution in [1.82, 2.24) is 10.2 Å². The van der Waals surface area contributed by atoms with Crippen LogP contribution in [0.3, 0.4) is 0 Å². The van der Waals surface area contributed by atoms with Gasteiger partial charge in [0, 0.05) is 31.1 Å². The van der Waals surface area contributed by atoms with E-state index < -0.39 is 18.6 Å². The highest BCUT2D eigenvalue weighted by Gasteiger charge is 2.28. The summed E-state index contributed by atoms with van der Waals surface area (Å²) in [6.45, 7) is -0.777. The van der Waals surface area contributed by atoms with Crippen molar-refractivity contribution in [2.45, 2.75) is 19.0 Å². The minimum Gasteiger partial charge on any atom is -0.370 e. The van der Waals surface area contributed by atoms with Crippen molar-refractivity contribution in [3.8, 4) is 0 Å². The van der Waals surface area contributed by atoms with E-state index in [1.165, 1.54) is 24.3 Å². The number of carbonyl (C=O) groups excluding carboxylic acids is 2. The second kappa shape index (κ2) is 8.98. The zero-order chi connectivity index (χ0) is 19.2. The summed E-state index contributed by atoms with van der Waals surface area (Å²) in [5, 5.41) is 2.54. The lowest BCUT2D eigenvalue weighted by Crippen LogP contribution is -2.43. The van der Waals surface area contributed by atoms with Crippen LogP contribution in [0.1, 0.15) is 23.2 Å². The molecule has 2 rings (SSSR count). The van der Waals surface area contributed by atoms with Crippen molar-refractivity contribution in [2.24, 2.45) is 5.92 Å². The highest BCUT2D eigenvalue weighted by atomic mass is 19.4. The summed E-state index contributed by atoms with van der Waals surface area (Å²) in [5.41, 5.74) is 0.385. The van der Waals surface area contributed by atoms with E-state index in [2.05, 4.69) is 10.1 Å². The first-order chi connectivity index (χ1) is 12.3. The summed E-state index contributed by atoms with van der Waals surface area (Å²) in [6.07, 6.45) is -3.46. The van der Waals surface area contributed by atoms with Gasteiger partial charge in [0.25, 0.3) is 5.91 Å². The molecule has 1 saturated heterocycles. The zero-order valence-electron chi connectivity index (χ0n) is 14.0. The number of nitrogens with one attached hydrogen (secondary N) is 1. The van der Waals surface area contributed by atoms with Gasteiger partial charge >= 0.3 is 6.18 Å². The molecule has 2 amide bonds. The molecule has 0 aliphatic carbocycles. The summed E-state index contributed by atoms with van der Waals surface area (Å²) in [7, 11) is 0. The zero-order valence-corrected chi connectivity index (χ0v) is 14.0. The van der Waals surface area contributed by atoms with E-state index in [-0.39, 0.29) is 30.9 Å². The van der Waals surface area contributed by atoms with Crippen LogP contribution in [-0.4, -0.2) is 55.7 Å². The molecule has 0 radical (unpaired) electrons. The molecule has 0 atom stereocenters. The Labute approximate surface area is 148 Å². The van der Waals surface area contributed by atoms with Crippen LogP contribution in [0.2, 0.25) is 0 Å². The topological polar surface area (TPSA) is 58.6 Å². The quantitative estimate of drug-likeness (QED) is 0.613. The molecular weight excluding hydrogens is 356 g/mol. The number of piperidine rings is 1. The minimum atomic E-state index is -4.38. The van der Waals surface area contributed by atoms with Gasteiger partial charge in [-0.05, 0) is 37.1 Å². The highest BCUT2D eigenvalue weighted by molar-refractivity contribution is 5.94. The van der Waals surface area contributed by atoms with Crippen LogP contribution in [0.4, 0.5) is 17.6 Å². The number of hydrogen-bond acceptors (Lipinski definition) is 3. The van der Waals surface area contributed by atoms with Gasteiger partial charge in [0.15, 0.2) is 0 Å². The van der Waals surface area contributed by atoms with Crippen molar-refractivity contribution in [1.29, 1.82) is 0 Å². The number of likely N-dealkylation sites (tertiary alicyclic amines) is 1. The Morgan fingerprint density at radius 2 is 1.77 bits per heavy atom. The third-order valence-corrected chi connectivity index (χ3v) is 4.06. The molecular formula is C17H20F4N2O3. The highest BCUT2D eigenvalue weighted by Crippen LogP contribution is 2.19. The van der Waals surface area contributed by atoms with Crippen LogP contribution in [0, 0.1) is 11.7 Å². The van der Waals surface area contributed by atoms with Crippen molar-refractivity contribution < 1.29 is 31.9 Å². The first-order valence-electron chi connectivity index (χ1n) is 8.23.